The molecule has 0 bridgehead atoms. The number of nitrogens with zero attached hydrogens (tertiary/aromatic N) is 2. The fourth-order valence-corrected chi connectivity index (χ4v) is 1.05. The van der Waals surface area contributed by atoms with Crippen LogP contribution in [0.2, 0.25) is 0 Å². The minimum absolute atomic E-state index is 0.241. The van der Waals surface area contributed by atoms with Crippen molar-refractivity contribution >= 4 is 11.5 Å². The summed E-state index contributed by atoms with van der Waals surface area (Å²) in [5, 5.41) is 3.78. The van der Waals surface area contributed by atoms with Crippen molar-refractivity contribution in [1.29, 1.82) is 0 Å². The summed E-state index contributed by atoms with van der Waals surface area (Å²) in [5.41, 5.74) is 12.3. The lowest BCUT2D eigenvalue weighted by Crippen LogP contribution is -2.15. The molecule has 1 aromatic rings. The van der Waals surface area contributed by atoms with Gasteiger partial charge in [-0.1, -0.05) is 13.8 Å². The van der Waals surface area contributed by atoms with Crippen LogP contribution in [-0.2, 0) is 0 Å². The van der Waals surface area contributed by atoms with Crippen molar-refractivity contribution in [3.63, 3.8) is 0 Å². The molecule has 0 fully saturated rings. The van der Waals surface area contributed by atoms with E-state index in [-0.39, 0.29) is 5.92 Å². The molecule has 0 radical (unpaired) electrons. The van der Waals surface area contributed by atoms with E-state index in [0.29, 0.717) is 11.5 Å². The molecule has 0 atom stereocenters. The third kappa shape index (κ3) is 1.09. The van der Waals surface area contributed by atoms with Crippen molar-refractivity contribution in [2.24, 2.45) is 0 Å². The van der Waals surface area contributed by atoms with Gasteiger partial charge in [0.05, 0.1) is 5.69 Å². The summed E-state index contributed by atoms with van der Waals surface area (Å²) in [6.45, 7) is 3.96. The predicted molar refractivity (Wildman–Crippen MR) is 45.3 cm³/mol. The van der Waals surface area contributed by atoms with Gasteiger partial charge in [-0.25, -0.2) is 0 Å². The van der Waals surface area contributed by atoms with Gasteiger partial charge in [0, 0.05) is 0 Å². The summed E-state index contributed by atoms with van der Waals surface area (Å²) < 4.78 is 0. The standard InChI is InChI=1S/C6H13N5/c1-3(2)5-4(7)6(8)10-11(5)9/h3H,7,9H2,1-2H3,(H2,8,10). The normalized spacial score (nSPS) is 10.8. The van der Waals surface area contributed by atoms with Crippen molar-refractivity contribution in [3.8, 4) is 0 Å². The first-order valence-electron chi connectivity index (χ1n) is 3.43. The maximum Gasteiger partial charge on any atom is 0.171 e. The van der Waals surface area contributed by atoms with Gasteiger partial charge >= 0.3 is 0 Å². The van der Waals surface area contributed by atoms with E-state index in [1.54, 1.807) is 0 Å². The van der Waals surface area contributed by atoms with Gasteiger partial charge in [0.1, 0.15) is 5.69 Å². The van der Waals surface area contributed by atoms with Crippen LogP contribution in [0.1, 0.15) is 25.5 Å². The molecule has 5 heteroatoms. The molecule has 0 amide bonds. The highest BCUT2D eigenvalue weighted by Crippen LogP contribution is 2.24. The van der Waals surface area contributed by atoms with E-state index >= 15 is 0 Å². The number of hydrogen-bond acceptors (Lipinski definition) is 4. The largest absolute Gasteiger partial charge is 0.394 e. The number of aromatic nitrogens is 2. The Labute approximate surface area is 65.1 Å². The van der Waals surface area contributed by atoms with Crippen LogP contribution in [0.5, 0.6) is 0 Å². The fourth-order valence-electron chi connectivity index (χ4n) is 1.05. The number of nitrogens with two attached hydrogens (primary N) is 3. The second-order valence-electron chi connectivity index (χ2n) is 2.78. The van der Waals surface area contributed by atoms with Crippen LogP contribution < -0.4 is 17.3 Å². The summed E-state index contributed by atoms with van der Waals surface area (Å²) in [6, 6.07) is 0. The van der Waals surface area contributed by atoms with E-state index in [0.717, 1.165) is 5.69 Å². The van der Waals surface area contributed by atoms with Crippen LogP contribution in [0.25, 0.3) is 0 Å². The molecule has 1 rings (SSSR count). The fraction of sp³-hybridized carbons (Fsp3) is 0.500. The third-order valence-electron chi connectivity index (χ3n) is 1.56. The molecule has 0 aliphatic carbocycles. The van der Waals surface area contributed by atoms with Gasteiger partial charge in [0.25, 0.3) is 0 Å². The molecule has 0 saturated carbocycles. The maximum atomic E-state index is 5.62. The van der Waals surface area contributed by atoms with Crippen LogP contribution in [-0.4, -0.2) is 9.89 Å². The Morgan fingerprint density at radius 1 is 1.36 bits per heavy atom. The smallest absolute Gasteiger partial charge is 0.171 e. The minimum atomic E-state index is 0.241. The summed E-state index contributed by atoms with van der Waals surface area (Å²) in [6.07, 6.45) is 0. The number of rotatable bonds is 1. The summed E-state index contributed by atoms with van der Waals surface area (Å²) in [7, 11) is 0. The zero-order valence-electron chi connectivity index (χ0n) is 6.70. The molecule has 1 heterocycles. The summed E-state index contributed by atoms with van der Waals surface area (Å²) in [4.78, 5) is 1.23. The first kappa shape index (κ1) is 7.71. The predicted octanol–water partition coefficient (Wildman–Crippen LogP) is -0.115. The second-order valence-corrected chi connectivity index (χ2v) is 2.78. The lowest BCUT2D eigenvalue weighted by atomic mass is 10.1. The molecule has 0 aliphatic rings. The molecular formula is C6H13N5. The van der Waals surface area contributed by atoms with E-state index in [1.165, 1.54) is 4.79 Å². The summed E-state index contributed by atoms with van der Waals surface area (Å²) in [5.74, 6) is 6.03. The molecule has 11 heavy (non-hydrogen) atoms. The van der Waals surface area contributed by atoms with Gasteiger partial charge in [-0.3, -0.25) is 0 Å². The Kier molecular flexibility index (Phi) is 1.64. The van der Waals surface area contributed by atoms with E-state index in [9.17, 15) is 0 Å². The molecule has 1 aromatic heterocycles. The van der Waals surface area contributed by atoms with Gasteiger partial charge in [-0.05, 0) is 5.92 Å². The van der Waals surface area contributed by atoms with Crippen LogP contribution in [0.3, 0.4) is 0 Å². The van der Waals surface area contributed by atoms with E-state index in [2.05, 4.69) is 5.10 Å². The molecule has 6 N–H and O–H groups in total. The minimum Gasteiger partial charge on any atom is -0.394 e. The first-order valence-corrected chi connectivity index (χ1v) is 3.43. The molecule has 0 spiro atoms. The molecule has 0 aromatic carbocycles. The first-order chi connectivity index (χ1) is 5.04. The number of anilines is 2. The van der Waals surface area contributed by atoms with E-state index in [4.69, 9.17) is 17.3 Å². The van der Waals surface area contributed by atoms with E-state index in [1.807, 2.05) is 13.8 Å². The summed E-state index contributed by atoms with van der Waals surface area (Å²) >= 11 is 0. The molecule has 5 nitrogen and oxygen atoms in total. The van der Waals surface area contributed by atoms with Gasteiger partial charge in [0.2, 0.25) is 0 Å². The van der Waals surface area contributed by atoms with Crippen LogP contribution >= 0.6 is 0 Å². The molecular weight excluding hydrogens is 142 g/mol. The third-order valence-corrected chi connectivity index (χ3v) is 1.56. The van der Waals surface area contributed by atoms with Crippen molar-refractivity contribution in [2.45, 2.75) is 19.8 Å². The van der Waals surface area contributed by atoms with E-state index < -0.39 is 0 Å². The number of hydrogen-bond donors (Lipinski definition) is 3. The molecule has 62 valence electrons. The SMILES string of the molecule is CC(C)c1c(N)c(N)nn1N. The van der Waals surface area contributed by atoms with Gasteiger partial charge < -0.3 is 17.3 Å². The number of nitrogen functional groups attached to an aromatic ring is 3. The second kappa shape index (κ2) is 2.34. The average molecular weight is 155 g/mol. The Morgan fingerprint density at radius 3 is 2.09 bits per heavy atom. The van der Waals surface area contributed by atoms with Crippen LogP contribution in [0, 0.1) is 0 Å². The Hall–Kier alpha value is -1.39. The highest BCUT2D eigenvalue weighted by atomic mass is 15.5. The average Bonchev–Trinajstić information content (AvgIpc) is 2.07. The Balaban J connectivity index is 3.22. The topological polar surface area (TPSA) is 95.9 Å². The molecule has 0 aliphatic heterocycles. The quantitative estimate of drug-likeness (QED) is 0.493. The van der Waals surface area contributed by atoms with Gasteiger partial charge in [-0.15, -0.1) is 5.10 Å². The van der Waals surface area contributed by atoms with Crippen LogP contribution in [0.4, 0.5) is 11.5 Å². The monoisotopic (exact) mass is 155 g/mol. The van der Waals surface area contributed by atoms with Gasteiger partial charge in [-0.2, -0.15) is 4.79 Å². The van der Waals surface area contributed by atoms with Crippen molar-refractivity contribution in [2.75, 3.05) is 17.3 Å². The van der Waals surface area contributed by atoms with Gasteiger partial charge in [0.15, 0.2) is 5.82 Å². The zero-order valence-corrected chi connectivity index (χ0v) is 6.70. The highest BCUT2D eigenvalue weighted by Gasteiger charge is 2.13. The Bertz CT molecular complexity index is 262. The lowest BCUT2D eigenvalue weighted by Gasteiger charge is -2.04. The maximum absolute atomic E-state index is 5.62. The van der Waals surface area contributed by atoms with Crippen LogP contribution in [0.15, 0.2) is 0 Å². The molecule has 0 unspecified atom stereocenters. The van der Waals surface area contributed by atoms with Crippen molar-refractivity contribution in [1.82, 2.24) is 9.89 Å². The highest BCUT2D eigenvalue weighted by molar-refractivity contribution is 5.62. The zero-order chi connectivity index (χ0) is 8.59. The Morgan fingerprint density at radius 2 is 1.91 bits per heavy atom. The lowest BCUT2D eigenvalue weighted by molar-refractivity contribution is 0.710. The molecule has 0 saturated heterocycles. The van der Waals surface area contributed by atoms with Crippen molar-refractivity contribution < 1.29 is 0 Å². The van der Waals surface area contributed by atoms with Crippen molar-refractivity contribution in [3.05, 3.63) is 5.69 Å².